The number of nitrogens with one attached hydrogen (secondary N) is 1. The van der Waals surface area contributed by atoms with E-state index in [4.69, 9.17) is 11.6 Å². The molecule has 1 aromatic carbocycles. The van der Waals surface area contributed by atoms with Crippen LogP contribution in [0.2, 0.25) is 5.15 Å². The summed E-state index contributed by atoms with van der Waals surface area (Å²) in [5.74, 6) is -2.24. The molecule has 0 amide bonds. The van der Waals surface area contributed by atoms with Gasteiger partial charge >= 0.3 is 5.97 Å². The van der Waals surface area contributed by atoms with Crippen molar-refractivity contribution in [3.05, 3.63) is 57.2 Å². The molecule has 0 radical (unpaired) electrons. The fourth-order valence-electron chi connectivity index (χ4n) is 3.85. The number of pyridine rings is 2. The molecule has 2 N–H and O–H groups in total. The van der Waals surface area contributed by atoms with Crippen LogP contribution in [0.1, 0.15) is 55.4 Å². The highest BCUT2D eigenvalue weighted by Crippen LogP contribution is 2.41. The minimum Gasteiger partial charge on any atom is -0.477 e. The first-order chi connectivity index (χ1) is 16.2. The number of hydrogen-bond acceptors (Lipinski definition) is 5. The second-order valence-corrected chi connectivity index (χ2v) is 10.3. The number of benzene rings is 1. The molecule has 4 rings (SSSR count). The molecule has 0 unspecified atom stereocenters. The number of halogens is 2. The number of carboxylic acid groups (broad SMARTS) is 1. The van der Waals surface area contributed by atoms with E-state index in [9.17, 15) is 23.1 Å². The predicted molar refractivity (Wildman–Crippen MR) is 126 cm³/mol. The summed E-state index contributed by atoms with van der Waals surface area (Å²) in [6, 6.07) is 5.06. The number of aromatic nitrogens is 2. The smallest absolute Gasteiger partial charge is 0.342 e. The molecule has 34 heavy (non-hydrogen) atoms. The van der Waals surface area contributed by atoms with Gasteiger partial charge in [-0.3, -0.25) is 4.79 Å². The maximum absolute atomic E-state index is 15.1. The normalized spacial score (nSPS) is 14.0. The molecule has 0 aliphatic heterocycles. The van der Waals surface area contributed by atoms with Gasteiger partial charge in [-0.15, -0.1) is 0 Å². The Morgan fingerprint density at radius 1 is 1.29 bits per heavy atom. The second-order valence-electron chi connectivity index (χ2n) is 8.24. The summed E-state index contributed by atoms with van der Waals surface area (Å²) in [6.45, 7) is 2.32. The van der Waals surface area contributed by atoms with E-state index in [0.717, 1.165) is 31.7 Å². The highest BCUT2D eigenvalue weighted by atomic mass is 35.5. The first kappa shape index (κ1) is 24.3. The Kier molecular flexibility index (Phi) is 6.75. The van der Waals surface area contributed by atoms with E-state index in [1.807, 2.05) is 6.92 Å². The summed E-state index contributed by atoms with van der Waals surface area (Å²) in [5.41, 5.74) is -0.738. The number of carboxylic acids is 1. The third-order valence-electron chi connectivity index (χ3n) is 5.76. The molecule has 1 aliphatic rings. The van der Waals surface area contributed by atoms with Crippen LogP contribution in [-0.2, 0) is 10.0 Å². The molecule has 3 aromatic rings. The molecule has 1 fully saturated rings. The molecule has 0 atom stereocenters. The molecular formula is C23H23ClFN3O5S. The van der Waals surface area contributed by atoms with Crippen molar-refractivity contribution < 1.29 is 22.7 Å². The van der Waals surface area contributed by atoms with Gasteiger partial charge < -0.3 is 9.67 Å². The molecule has 2 aromatic heterocycles. The Labute approximate surface area is 200 Å². The number of rotatable bonds is 9. The fourth-order valence-corrected chi connectivity index (χ4v) is 5.24. The summed E-state index contributed by atoms with van der Waals surface area (Å²) in [6.07, 6.45) is 5.33. The van der Waals surface area contributed by atoms with E-state index in [-0.39, 0.29) is 27.2 Å². The zero-order chi connectivity index (χ0) is 24.6. The van der Waals surface area contributed by atoms with Gasteiger partial charge in [0.05, 0.1) is 5.52 Å². The lowest BCUT2D eigenvalue weighted by molar-refractivity contribution is 0.0695. The van der Waals surface area contributed by atoms with Gasteiger partial charge in [-0.1, -0.05) is 31.4 Å². The van der Waals surface area contributed by atoms with E-state index in [0.29, 0.717) is 24.0 Å². The van der Waals surface area contributed by atoms with Crippen LogP contribution in [0.5, 0.6) is 0 Å². The number of carbonyl (C=O) groups is 1. The highest BCUT2D eigenvalue weighted by Gasteiger charge is 2.31. The summed E-state index contributed by atoms with van der Waals surface area (Å²) in [4.78, 5) is 28.3. The van der Waals surface area contributed by atoms with Crippen molar-refractivity contribution in [3.8, 4) is 11.1 Å². The van der Waals surface area contributed by atoms with Gasteiger partial charge in [0.2, 0.25) is 5.43 Å². The average molecular weight is 508 g/mol. The molecule has 2 heterocycles. The van der Waals surface area contributed by atoms with E-state index >= 15 is 4.39 Å². The van der Waals surface area contributed by atoms with E-state index in [1.54, 1.807) is 4.57 Å². The molecular weight excluding hydrogens is 485 g/mol. The number of nitrogens with zero attached hydrogens (tertiary/aromatic N) is 2. The number of hydrogen-bond donors (Lipinski definition) is 2. The first-order valence-corrected chi connectivity index (χ1v) is 12.8. The quantitative estimate of drug-likeness (QED) is 0.328. The largest absolute Gasteiger partial charge is 0.477 e. The van der Waals surface area contributed by atoms with Gasteiger partial charge in [-0.05, 0) is 43.5 Å². The van der Waals surface area contributed by atoms with Crippen LogP contribution in [0.15, 0.2) is 40.3 Å². The van der Waals surface area contributed by atoms with Crippen molar-refractivity contribution in [3.63, 3.8) is 0 Å². The molecule has 0 bridgehead atoms. The maximum atomic E-state index is 15.1. The standard InChI is InChI=1S/C23H23ClFN3O5S/c1-2-3-4-9-27-34(32,33)19-8-5-13(12-26-19)15-11-18-16(10-17(15)25)21(29)20(23(30)31)22(24)28(18)14-6-7-14/h5,8,10-12,14,27H,2-4,6-7,9H2,1H3,(H,30,31). The molecule has 180 valence electrons. The van der Waals surface area contributed by atoms with Crippen molar-refractivity contribution in [1.29, 1.82) is 0 Å². The molecule has 1 aliphatic carbocycles. The minimum absolute atomic E-state index is 0.0848. The first-order valence-electron chi connectivity index (χ1n) is 10.9. The fraction of sp³-hybridized carbons (Fsp3) is 0.348. The van der Waals surface area contributed by atoms with E-state index in [1.165, 1.54) is 24.4 Å². The molecule has 1 saturated carbocycles. The number of sulfonamides is 1. The molecule has 0 spiro atoms. The maximum Gasteiger partial charge on any atom is 0.342 e. The van der Waals surface area contributed by atoms with Gasteiger partial charge in [0.25, 0.3) is 10.0 Å². The Hall–Kier alpha value is -2.82. The third-order valence-corrected chi connectivity index (χ3v) is 7.50. The lowest BCUT2D eigenvalue weighted by Crippen LogP contribution is -2.25. The van der Waals surface area contributed by atoms with Crippen molar-refractivity contribution in [2.75, 3.05) is 6.54 Å². The van der Waals surface area contributed by atoms with Gasteiger partial charge in [0.1, 0.15) is 16.5 Å². The van der Waals surface area contributed by atoms with Crippen LogP contribution >= 0.6 is 11.6 Å². The van der Waals surface area contributed by atoms with Crippen molar-refractivity contribution in [2.24, 2.45) is 0 Å². The summed E-state index contributed by atoms with van der Waals surface area (Å²) in [5, 5.41) is 8.99. The highest BCUT2D eigenvalue weighted by molar-refractivity contribution is 7.89. The third kappa shape index (κ3) is 4.57. The molecule has 0 saturated heterocycles. The van der Waals surface area contributed by atoms with Crippen LogP contribution in [0, 0.1) is 5.82 Å². The number of aromatic carboxylic acids is 1. The Morgan fingerprint density at radius 3 is 2.62 bits per heavy atom. The van der Waals surface area contributed by atoms with Crippen LogP contribution < -0.4 is 10.2 Å². The monoisotopic (exact) mass is 507 g/mol. The van der Waals surface area contributed by atoms with Crippen LogP contribution in [0.25, 0.3) is 22.0 Å². The second kappa shape index (κ2) is 9.44. The van der Waals surface area contributed by atoms with E-state index in [2.05, 4.69) is 9.71 Å². The average Bonchev–Trinajstić information content (AvgIpc) is 3.62. The Morgan fingerprint density at radius 2 is 2.03 bits per heavy atom. The molecule has 11 heteroatoms. The van der Waals surface area contributed by atoms with Crippen LogP contribution in [0.3, 0.4) is 0 Å². The minimum atomic E-state index is -3.79. The SMILES string of the molecule is CCCCCNS(=O)(=O)c1ccc(-c2cc3c(cc2F)c(=O)c(C(=O)O)c(Cl)n3C2CC2)cn1. The summed E-state index contributed by atoms with van der Waals surface area (Å²) < 4.78 is 43.9. The van der Waals surface area contributed by atoms with Crippen molar-refractivity contribution in [2.45, 2.75) is 50.1 Å². The lowest BCUT2D eigenvalue weighted by Gasteiger charge is -2.16. The zero-order valence-electron chi connectivity index (χ0n) is 18.3. The van der Waals surface area contributed by atoms with Gasteiger partial charge in [-0.25, -0.2) is 27.3 Å². The lowest BCUT2D eigenvalue weighted by atomic mass is 10.0. The van der Waals surface area contributed by atoms with Gasteiger partial charge in [0, 0.05) is 35.3 Å². The van der Waals surface area contributed by atoms with Crippen LogP contribution in [-0.4, -0.2) is 35.6 Å². The van der Waals surface area contributed by atoms with E-state index < -0.39 is 32.8 Å². The molecule has 8 nitrogen and oxygen atoms in total. The topological polar surface area (TPSA) is 118 Å². The van der Waals surface area contributed by atoms with Gasteiger partial charge in [-0.2, -0.15) is 0 Å². The Bertz CT molecular complexity index is 1430. The Balaban J connectivity index is 1.76. The van der Waals surface area contributed by atoms with Crippen molar-refractivity contribution >= 4 is 38.5 Å². The summed E-state index contributed by atoms with van der Waals surface area (Å²) in [7, 11) is -3.79. The zero-order valence-corrected chi connectivity index (χ0v) is 19.9. The summed E-state index contributed by atoms with van der Waals surface area (Å²) >= 11 is 6.30. The predicted octanol–water partition coefficient (Wildman–Crippen LogP) is 4.36. The van der Waals surface area contributed by atoms with Crippen LogP contribution in [0.4, 0.5) is 4.39 Å². The number of fused-ring (bicyclic) bond motifs is 1. The number of unbranched alkanes of at least 4 members (excludes halogenated alkanes) is 2. The van der Waals surface area contributed by atoms with Gasteiger partial charge in [0.15, 0.2) is 5.03 Å². The van der Waals surface area contributed by atoms with Crippen molar-refractivity contribution in [1.82, 2.24) is 14.3 Å².